The quantitative estimate of drug-likeness (QED) is 0.549. The number of amides is 1. The third kappa shape index (κ3) is 4.04. The molecular formula is C24H20N4O. The number of hydrogen-bond donors (Lipinski definition) is 1. The van der Waals surface area contributed by atoms with Gasteiger partial charge in [-0.1, -0.05) is 30.3 Å². The zero-order valence-electron chi connectivity index (χ0n) is 15.7. The zero-order chi connectivity index (χ0) is 20.1. The maximum atomic E-state index is 11.8. The van der Waals surface area contributed by atoms with Gasteiger partial charge in [-0.05, 0) is 53.1 Å². The molecule has 142 valence electrons. The van der Waals surface area contributed by atoms with Crippen LogP contribution in [0.1, 0.15) is 44.6 Å². The average molecular weight is 380 g/mol. The summed E-state index contributed by atoms with van der Waals surface area (Å²) < 4.78 is 0. The van der Waals surface area contributed by atoms with Crippen LogP contribution in [0, 0.1) is 0 Å². The monoisotopic (exact) mass is 380 g/mol. The fourth-order valence-corrected chi connectivity index (χ4v) is 3.68. The lowest BCUT2D eigenvalue weighted by Gasteiger charge is -2.28. The van der Waals surface area contributed by atoms with Crippen molar-refractivity contribution in [1.82, 2.24) is 15.0 Å². The van der Waals surface area contributed by atoms with Crippen molar-refractivity contribution < 1.29 is 4.79 Å². The number of carbonyl (C=O) groups is 1. The van der Waals surface area contributed by atoms with E-state index in [2.05, 4.69) is 27.1 Å². The van der Waals surface area contributed by atoms with Gasteiger partial charge in [-0.2, -0.15) is 0 Å². The van der Waals surface area contributed by atoms with Crippen molar-refractivity contribution in [3.05, 3.63) is 126 Å². The summed E-state index contributed by atoms with van der Waals surface area (Å²) in [6, 6.07) is 21.3. The number of hydrogen-bond acceptors (Lipinski definition) is 4. The van der Waals surface area contributed by atoms with Gasteiger partial charge in [0.05, 0.1) is 0 Å². The first kappa shape index (κ1) is 18.5. The summed E-state index contributed by atoms with van der Waals surface area (Å²) in [5.74, 6) is -0.690. The molecule has 0 saturated carbocycles. The Morgan fingerprint density at radius 3 is 1.97 bits per heavy atom. The molecular weight excluding hydrogens is 360 g/mol. The maximum Gasteiger partial charge on any atom is 0.248 e. The van der Waals surface area contributed by atoms with Gasteiger partial charge in [-0.3, -0.25) is 19.7 Å². The Balaban J connectivity index is 1.95. The molecule has 5 nitrogen and oxygen atoms in total. The minimum atomic E-state index is -0.453. The summed E-state index contributed by atoms with van der Waals surface area (Å²) >= 11 is 0. The fraction of sp³-hybridized carbons (Fsp3) is 0.0833. The van der Waals surface area contributed by atoms with E-state index in [9.17, 15) is 4.79 Å². The summed E-state index contributed by atoms with van der Waals surface area (Å²) in [5.41, 5.74) is 9.95. The topological polar surface area (TPSA) is 81.8 Å². The first-order valence-corrected chi connectivity index (χ1v) is 9.34. The number of benzene rings is 1. The molecule has 4 rings (SSSR count). The second-order valence-corrected chi connectivity index (χ2v) is 6.77. The molecule has 0 aliphatic heterocycles. The van der Waals surface area contributed by atoms with Crippen LogP contribution in [-0.2, 0) is 0 Å². The van der Waals surface area contributed by atoms with Crippen LogP contribution in [0.2, 0.25) is 0 Å². The van der Waals surface area contributed by atoms with E-state index in [1.807, 2.05) is 60.9 Å². The molecule has 0 aliphatic carbocycles. The van der Waals surface area contributed by atoms with Crippen molar-refractivity contribution in [1.29, 1.82) is 0 Å². The van der Waals surface area contributed by atoms with Crippen LogP contribution in [0.5, 0.6) is 0 Å². The van der Waals surface area contributed by atoms with Crippen LogP contribution in [0.3, 0.4) is 0 Å². The van der Waals surface area contributed by atoms with E-state index in [0.717, 1.165) is 22.4 Å². The molecule has 3 aromatic heterocycles. The Kier molecular flexibility index (Phi) is 5.38. The largest absolute Gasteiger partial charge is 0.366 e. The molecule has 29 heavy (non-hydrogen) atoms. The lowest BCUT2D eigenvalue weighted by molar-refractivity contribution is 0.1000. The number of rotatable bonds is 6. The molecule has 0 spiro atoms. The van der Waals surface area contributed by atoms with Gasteiger partial charge in [0.15, 0.2) is 0 Å². The van der Waals surface area contributed by atoms with Gasteiger partial charge in [0, 0.05) is 54.1 Å². The molecule has 1 aromatic carbocycles. The van der Waals surface area contributed by atoms with Crippen molar-refractivity contribution in [2.75, 3.05) is 0 Å². The van der Waals surface area contributed by atoms with Crippen molar-refractivity contribution in [3.63, 3.8) is 0 Å². The molecule has 0 radical (unpaired) electrons. The Labute approximate surface area is 169 Å². The lowest BCUT2D eigenvalue weighted by atomic mass is 9.76. The van der Waals surface area contributed by atoms with Gasteiger partial charge in [-0.15, -0.1) is 0 Å². The first-order chi connectivity index (χ1) is 14.2. The molecule has 0 saturated heterocycles. The Morgan fingerprint density at radius 2 is 1.41 bits per heavy atom. The highest BCUT2D eigenvalue weighted by Crippen LogP contribution is 2.41. The second-order valence-electron chi connectivity index (χ2n) is 6.77. The predicted octanol–water partition coefficient (Wildman–Crippen LogP) is 3.93. The molecule has 1 amide bonds. The highest BCUT2D eigenvalue weighted by molar-refractivity contribution is 5.93. The standard InChI is InChI=1S/C24H20N4O/c25-24(29)18-7-3-6-17(14-18)23(21-10-1-2-13-28-21)22(19-8-4-11-26-15-19)20-9-5-12-27-16-20/h1-16,22-23H,(H2,25,29). The van der Waals surface area contributed by atoms with Crippen molar-refractivity contribution in [3.8, 4) is 0 Å². The van der Waals surface area contributed by atoms with Gasteiger partial charge >= 0.3 is 0 Å². The minimum absolute atomic E-state index is 0.0876. The van der Waals surface area contributed by atoms with E-state index >= 15 is 0 Å². The average Bonchev–Trinajstić information content (AvgIpc) is 2.79. The number of nitrogens with two attached hydrogens (primary N) is 1. The van der Waals surface area contributed by atoms with Crippen molar-refractivity contribution >= 4 is 5.91 Å². The van der Waals surface area contributed by atoms with Gasteiger partial charge in [0.25, 0.3) is 0 Å². The molecule has 1 unspecified atom stereocenters. The zero-order valence-corrected chi connectivity index (χ0v) is 15.7. The normalized spacial score (nSPS) is 11.9. The van der Waals surface area contributed by atoms with Crippen LogP contribution in [0.4, 0.5) is 0 Å². The Morgan fingerprint density at radius 1 is 0.724 bits per heavy atom. The predicted molar refractivity (Wildman–Crippen MR) is 111 cm³/mol. The smallest absolute Gasteiger partial charge is 0.248 e. The molecule has 1 atom stereocenters. The van der Waals surface area contributed by atoms with Crippen molar-refractivity contribution in [2.24, 2.45) is 5.73 Å². The summed E-state index contributed by atoms with van der Waals surface area (Å²) in [6.07, 6.45) is 9.03. The first-order valence-electron chi connectivity index (χ1n) is 9.34. The SMILES string of the molecule is NC(=O)c1cccc(C(c2ccccn2)C(c2cccnc2)c2cccnc2)c1. The molecule has 4 aromatic rings. The summed E-state index contributed by atoms with van der Waals surface area (Å²) in [7, 11) is 0. The van der Waals surface area contributed by atoms with Crippen LogP contribution in [0.25, 0.3) is 0 Å². The number of primary amides is 1. The Bertz CT molecular complexity index is 1050. The third-order valence-electron chi connectivity index (χ3n) is 4.96. The van der Waals surface area contributed by atoms with E-state index in [4.69, 9.17) is 5.73 Å². The van der Waals surface area contributed by atoms with Gasteiger partial charge in [-0.25, -0.2) is 0 Å². The molecule has 0 bridgehead atoms. The number of pyridine rings is 3. The third-order valence-corrected chi connectivity index (χ3v) is 4.96. The summed E-state index contributed by atoms with van der Waals surface area (Å²) in [4.78, 5) is 25.1. The Hall–Kier alpha value is -3.86. The number of nitrogens with zero attached hydrogens (tertiary/aromatic N) is 3. The highest BCUT2D eigenvalue weighted by Gasteiger charge is 2.30. The van der Waals surface area contributed by atoms with Crippen LogP contribution in [0.15, 0.2) is 97.7 Å². The molecule has 0 aliphatic rings. The lowest BCUT2D eigenvalue weighted by Crippen LogP contribution is -2.17. The fourth-order valence-electron chi connectivity index (χ4n) is 3.68. The van der Waals surface area contributed by atoms with E-state index in [1.165, 1.54) is 0 Å². The highest BCUT2D eigenvalue weighted by atomic mass is 16.1. The maximum absolute atomic E-state index is 11.8. The van der Waals surface area contributed by atoms with E-state index in [0.29, 0.717) is 5.56 Å². The van der Waals surface area contributed by atoms with E-state index in [-0.39, 0.29) is 11.8 Å². The molecule has 3 heterocycles. The van der Waals surface area contributed by atoms with Crippen LogP contribution >= 0.6 is 0 Å². The second kappa shape index (κ2) is 8.44. The molecule has 5 heteroatoms. The van der Waals surface area contributed by atoms with E-state index in [1.54, 1.807) is 24.7 Å². The summed E-state index contributed by atoms with van der Waals surface area (Å²) in [5, 5.41) is 0. The van der Waals surface area contributed by atoms with Crippen LogP contribution in [-0.4, -0.2) is 20.9 Å². The van der Waals surface area contributed by atoms with Gasteiger partial charge in [0.1, 0.15) is 0 Å². The number of aromatic nitrogens is 3. The number of carbonyl (C=O) groups excluding carboxylic acids is 1. The van der Waals surface area contributed by atoms with Gasteiger partial charge in [0.2, 0.25) is 5.91 Å². The van der Waals surface area contributed by atoms with Gasteiger partial charge < -0.3 is 5.73 Å². The van der Waals surface area contributed by atoms with Crippen molar-refractivity contribution in [2.45, 2.75) is 11.8 Å². The minimum Gasteiger partial charge on any atom is -0.366 e. The molecule has 2 N–H and O–H groups in total. The van der Waals surface area contributed by atoms with Crippen LogP contribution < -0.4 is 5.73 Å². The molecule has 0 fully saturated rings. The van der Waals surface area contributed by atoms with E-state index < -0.39 is 5.91 Å². The summed E-state index contributed by atoms with van der Waals surface area (Å²) in [6.45, 7) is 0.